The highest BCUT2D eigenvalue weighted by Gasteiger charge is 2.23. The molecule has 1 aromatic heterocycles. The van der Waals surface area contributed by atoms with Gasteiger partial charge in [0, 0.05) is 0 Å². The van der Waals surface area contributed by atoms with Gasteiger partial charge in [0.25, 0.3) is 0 Å². The van der Waals surface area contributed by atoms with Crippen molar-refractivity contribution in [1.29, 1.82) is 0 Å². The van der Waals surface area contributed by atoms with E-state index in [4.69, 9.17) is 28.7 Å². The number of hydrogen-bond donors (Lipinski definition) is 0. The van der Waals surface area contributed by atoms with Crippen LogP contribution < -0.4 is 23.7 Å². The molecule has 2 aromatic carbocycles. The second-order valence-corrected chi connectivity index (χ2v) is 11.3. The number of nitrogens with zero attached hydrogens (tertiary/aromatic N) is 1. The van der Waals surface area contributed by atoms with E-state index in [0.29, 0.717) is 37.9 Å². The Kier molecular flexibility index (Phi) is 12.4. The molecule has 0 unspecified atom stereocenters. The third-order valence-electron chi connectivity index (χ3n) is 7.97. The first-order valence-electron chi connectivity index (χ1n) is 16.5. The quantitative estimate of drug-likeness (QED) is 0.260. The summed E-state index contributed by atoms with van der Waals surface area (Å²) < 4.78 is 31.6. The van der Waals surface area contributed by atoms with Gasteiger partial charge in [-0.15, -0.1) is 0 Å². The molecule has 0 N–H and O–H groups in total. The second-order valence-electron chi connectivity index (χ2n) is 11.3. The van der Waals surface area contributed by atoms with Crippen molar-refractivity contribution >= 4 is 0 Å². The Morgan fingerprint density at radius 1 is 0.500 bits per heavy atom. The van der Waals surface area contributed by atoms with Crippen LogP contribution >= 0.6 is 0 Å². The first-order chi connectivity index (χ1) is 21.8. The average Bonchev–Trinajstić information content (AvgIpc) is 3.05. The Labute approximate surface area is 263 Å². The number of allylic oxidation sites excluding steroid dienone is 4. The van der Waals surface area contributed by atoms with Crippen LogP contribution in [0.25, 0.3) is 22.5 Å². The summed E-state index contributed by atoms with van der Waals surface area (Å²) in [6, 6.07) is 16.0. The van der Waals surface area contributed by atoms with Crippen molar-refractivity contribution in [3.63, 3.8) is 0 Å². The normalized spacial score (nSPS) is 18.7. The van der Waals surface area contributed by atoms with Crippen molar-refractivity contribution in [3.8, 4) is 51.3 Å². The molecule has 0 aliphatic carbocycles. The Hall–Kier alpha value is -3.93. The summed E-state index contributed by atoms with van der Waals surface area (Å²) in [5.41, 5.74) is 3.10. The molecule has 44 heavy (non-hydrogen) atoms. The molecule has 2 aliphatic rings. The predicted octanol–water partition coefficient (Wildman–Crippen LogP) is 9.76. The van der Waals surface area contributed by atoms with E-state index in [1.807, 2.05) is 48.5 Å². The lowest BCUT2D eigenvalue weighted by Gasteiger charge is -2.20. The summed E-state index contributed by atoms with van der Waals surface area (Å²) in [6.45, 7) is 2.50. The molecule has 0 atom stereocenters. The third kappa shape index (κ3) is 8.81. The number of rotatable bonds is 1. The molecule has 6 heteroatoms. The number of ether oxygens (including phenoxy) is 5. The van der Waals surface area contributed by atoms with Crippen LogP contribution in [-0.4, -0.2) is 38.5 Å². The molecule has 0 saturated heterocycles. The number of methoxy groups -OCH3 is 1. The maximum atomic E-state index is 6.44. The predicted molar refractivity (Wildman–Crippen MR) is 177 cm³/mol. The average molecular weight is 598 g/mol. The maximum Gasteiger partial charge on any atom is 0.145 e. The molecule has 0 saturated carbocycles. The fraction of sp³-hybridized carbons (Fsp3) is 0.447. The molecule has 3 aromatic rings. The van der Waals surface area contributed by atoms with Gasteiger partial charge in [-0.2, -0.15) is 0 Å². The third-order valence-corrected chi connectivity index (χ3v) is 7.97. The lowest BCUT2D eigenvalue weighted by Crippen LogP contribution is -2.06. The number of benzene rings is 2. The van der Waals surface area contributed by atoms with Crippen LogP contribution in [0.1, 0.15) is 77.0 Å². The molecule has 6 nitrogen and oxygen atoms in total. The van der Waals surface area contributed by atoms with Crippen molar-refractivity contribution in [2.45, 2.75) is 77.0 Å². The zero-order chi connectivity index (χ0) is 30.2. The zero-order valence-electron chi connectivity index (χ0n) is 26.2. The molecule has 2 aliphatic heterocycles. The van der Waals surface area contributed by atoms with E-state index in [1.165, 1.54) is 0 Å². The van der Waals surface area contributed by atoms with Crippen LogP contribution in [0.3, 0.4) is 0 Å². The van der Waals surface area contributed by atoms with Gasteiger partial charge >= 0.3 is 0 Å². The van der Waals surface area contributed by atoms with Crippen LogP contribution in [0.4, 0.5) is 0 Å². The Balaban J connectivity index is 1.63. The molecule has 234 valence electrons. The van der Waals surface area contributed by atoms with Crippen molar-refractivity contribution < 1.29 is 23.7 Å². The summed E-state index contributed by atoms with van der Waals surface area (Å²) in [6.07, 6.45) is 21.6. The van der Waals surface area contributed by atoms with Crippen LogP contribution in [0.5, 0.6) is 28.7 Å². The highest BCUT2D eigenvalue weighted by molar-refractivity contribution is 5.82. The summed E-state index contributed by atoms with van der Waals surface area (Å²) in [5.74, 6) is 3.69. The Bertz CT molecular complexity index is 1310. The fourth-order valence-corrected chi connectivity index (χ4v) is 5.58. The molecule has 4 bridgehead atoms. The van der Waals surface area contributed by atoms with Gasteiger partial charge in [-0.25, -0.2) is 4.98 Å². The molecule has 0 radical (unpaired) electrons. The Morgan fingerprint density at radius 3 is 1.32 bits per heavy atom. The summed E-state index contributed by atoms with van der Waals surface area (Å²) in [5, 5.41) is 0. The van der Waals surface area contributed by atoms with E-state index in [2.05, 4.69) is 24.3 Å². The minimum absolute atomic E-state index is 0.618. The summed E-state index contributed by atoms with van der Waals surface area (Å²) in [7, 11) is 1.68. The standard InChI is InChI=1S/C38H47NO5/c1-40-35-25-24-30-36-31-20-18-21-32(36)42-27-15-11-7-3-5-9-13-17-29-44-34-23-19-22-33(37(34)38(35)39-30)43-28-16-12-8-4-2-6-10-14-26-41-31/h2-5,18-25H,6-17,26-29H2,1H3/b4-2-,5-3+. The molecule has 3 heterocycles. The van der Waals surface area contributed by atoms with Crippen molar-refractivity contribution in [1.82, 2.24) is 4.98 Å². The molecular weight excluding hydrogens is 550 g/mol. The van der Waals surface area contributed by atoms with Crippen LogP contribution in [0.15, 0.2) is 72.8 Å². The van der Waals surface area contributed by atoms with Crippen molar-refractivity contribution in [2.24, 2.45) is 0 Å². The van der Waals surface area contributed by atoms with Gasteiger partial charge in [-0.3, -0.25) is 0 Å². The maximum absolute atomic E-state index is 6.44. The summed E-state index contributed by atoms with van der Waals surface area (Å²) >= 11 is 0. The van der Waals surface area contributed by atoms with Gasteiger partial charge in [0.1, 0.15) is 34.4 Å². The first kappa shape index (κ1) is 31.5. The van der Waals surface area contributed by atoms with Crippen molar-refractivity contribution in [2.75, 3.05) is 33.5 Å². The van der Waals surface area contributed by atoms with Gasteiger partial charge in [-0.1, -0.05) is 36.4 Å². The molecular formula is C38H47NO5. The van der Waals surface area contributed by atoms with E-state index >= 15 is 0 Å². The largest absolute Gasteiger partial charge is 0.494 e. The first-order valence-corrected chi connectivity index (χ1v) is 16.5. The molecule has 0 spiro atoms. The van der Waals surface area contributed by atoms with E-state index in [9.17, 15) is 0 Å². The fourth-order valence-electron chi connectivity index (χ4n) is 5.58. The smallest absolute Gasteiger partial charge is 0.145 e. The van der Waals surface area contributed by atoms with Gasteiger partial charge in [0.15, 0.2) is 0 Å². The zero-order valence-corrected chi connectivity index (χ0v) is 26.2. The molecule has 0 fully saturated rings. The van der Waals surface area contributed by atoms with E-state index < -0.39 is 0 Å². The topological polar surface area (TPSA) is 59.0 Å². The van der Waals surface area contributed by atoms with Crippen LogP contribution in [0.2, 0.25) is 0 Å². The van der Waals surface area contributed by atoms with Crippen molar-refractivity contribution in [3.05, 3.63) is 72.8 Å². The lowest BCUT2D eigenvalue weighted by atomic mass is 10.0. The highest BCUT2D eigenvalue weighted by Crippen LogP contribution is 2.45. The monoisotopic (exact) mass is 597 g/mol. The van der Waals surface area contributed by atoms with Gasteiger partial charge < -0.3 is 23.7 Å². The van der Waals surface area contributed by atoms with Crippen LogP contribution in [-0.2, 0) is 0 Å². The number of hydrogen-bond acceptors (Lipinski definition) is 6. The molecule has 0 amide bonds. The Morgan fingerprint density at radius 2 is 0.909 bits per heavy atom. The second kappa shape index (κ2) is 17.4. The minimum atomic E-state index is 0.618. The number of aromatic nitrogens is 1. The van der Waals surface area contributed by atoms with E-state index in [-0.39, 0.29) is 0 Å². The molecule has 5 rings (SSSR count). The number of pyridine rings is 1. The lowest BCUT2D eigenvalue weighted by molar-refractivity contribution is 0.294. The SMILES string of the molecule is COc1ccc2nc1-c1c3cccc1OCCCC/C=C/CCCCOc1cccc(c1-2)OCCCC/C=C\CCCCO3. The highest BCUT2D eigenvalue weighted by atomic mass is 16.5. The van der Waals surface area contributed by atoms with Gasteiger partial charge in [0.05, 0.1) is 50.4 Å². The van der Waals surface area contributed by atoms with E-state index in [0.717, 1.165) is 117 Å². The van der Waals surface area contributed by atoms with E-state index in [1.54, 1.807) is 7.11 Å². The summed E-state index contributed by atoms with van der Waals surface area (Å²) in [4.78, 5) is 5.26. The van der Waals surface area contributed by atoms with Gasteiger partial charge in [0.2, 0.25) is 0 Å². The van der Waals surface area contributed by atoms with Gasteiger partial charge in [-0.05, 0) is 113 Å². The minimum Gasteiger partial charge on any atom is -0.494 e. The van der Waals surface area contributed by atoms with Crippen LogP contribution in [0, 0.1) is 0 Å².